The summed E-state index contributed by atoms with van der Waals surface area (Å²) in [5.74, 6) is 1.85. The molecular weight excluding hydrogens is 332 g/mol. The van der Waals surface area contributed by atoms with Gasteiger partial charge in [0.1, 0.15) is 11.9 Å². The van der Waals surface area contributed by atoms with Gasteiger partial charge in [-0.1, -0.05) is 18.2 Å². The van der Waals surface area contributed by atoms with Crippen LogP contribution in [0.25, 0.3) is 0 Å². The Morgan fingerprint density at radius 3 is 2.96 bits per heavy atom. The SMILES string of the molecule is CN=C(NCCCCc1nc(C)cs1)NCC1Cc2ccccc2O1. The first-order valence-corrected chi connectivity index (χ1v) is 9.72. The third-order valence-electron chi connectivity index (χ3n) is 4.21. The van der Waals surface area contributed by atoms with Crippen molar-refractivity contribution in [2.75, 3.05) is 20.1 Å². The molecule has 2 heterocycles. The van der Waals surface area contributed by atoms with Crippen LogP contribution in [0.3, 0.4) is 0 Å². The Morgan fingerprint density at radius 1 is 1.32 bits per heavy atom. The van der Waals surface area contributed by atoms with Gasteiger partial charge < -0.3 is 15.4 Å². The van der Waals surface area contributed by atoms with Gasteiger partial charge in [-0.05, 0) is 37.8 Å². The molecule has 1 aliphatic heterocycles. The van der Waals surface area contributed by atoms with Gasteiger partial charge in [0, 0.05) is 31.1 Å². The monoisotopic (exact) mass is 358 g/mol. The maximum absolute atomic E-state index is 5.94. The van der Waals surface area contributed by atoms with Gasteiger partial charge in [0.2, 0.25) is 0 Å². The summed E-state index contributed by atoms with van der Waals surface area (Å²) in [7, 11) is 1.80. The van der Waals surface area contributed by atoms with Crippen LogP contribution < -0.4 is 15.4 Å². The van der Waals surface area contributed by atoms with E-state index in [1.165, 1.54) is 10.6 Å². The third-order valence-corrected chi connectivity index (χ3v) is 5.24. The minimum Gasteiger partial charge on any atom is -0.488 e. The fraction of sp³-hybridized carbons (Fsp3) is 0.474. The zero-order valence-corrected chi connectivity index (χ0v) is 15.7. The summed E-state index contributed by atoms with van der Waals surface area (Å²) in [5, 5.41) is 10.1. The first-order valence-electron chi connectivity index (χ1n) is 8.84. The first kappa shape index (κ1) is 17.7. The summed E-state index contributed by atoms with van der Waals surface area (Å²) in [5.41, 5.74) is 2.41. The number of nitrogens with one attached hydrogen (secondary N) is 2. The number of para-hydroxylation sites is 1. The lowest BCUT2D eigenvalue weighted by Crippen LogP contribution is -2.42. The summed E-state index contributed by atoms with van der Waals surface area (Å²) in [6.07, 6.45) is 4.42. The van der Waals surface area contributed by atoms with Crippen LogP contribution >= 0.6 is 11.3 Å². The molecule has 1 aromatic heterocycles. The van der Waals surface area contributed by atoms with E-state index in [0.717, 1.165) is 56.2 Å². The molecule has 25 heavy (non-hydrogen) atoms. The Hall–Kier alpha value is -2.08. The van der Waals surface area contributed by atoms with Crippen molar-refractivity contribution in [2.24, 2.45) is 4.99 Å². The predicted molar refractivity (Wildman–Crippen MR) is 104 cm³/mol. The topological polar surface area (TPSA) is 58.5 Å². The van der Waals surface area contributed by atoms with Crippen LogP contribution in [0.4, 0.5) is 0 Å². The Bertz CT molecular complexity index is 688. The van der Waals surface area contributed by atoms with Gasteiger partial charge in [-0.2, -0.15) is 0 Å². The molecule has 1 unspecified atom stereocenters. The van der Waals surface area contributed by atoms with Crippen molar-refractivity contribution < 1.29 is 4.74 Å². The number of aromatic nitrogens is 1. The summed E-state index contributed by atoms with van der Waals surface area (Å²) in [6, 6.07) is 8.24. The van der Waals surface area contributed by atoms with E-state index in [1.807, 2.05) is 19.1 Å². The van der Waals surface area contributed by atoms with Gasteiger partial charge in [-0.15, -0.1) is 11.3 Å². The number of aryl methyl sites for hydroxylation is 2. The van der Waals surface area contributed by atoms with E-state index in [1.54, 1.807) is 18.4 Å². The number of thiazole rings is 1. The predicted octanol–water partition coefficient (Wildman–Crippen LogP) is 2.94. The van der Waals surface area contributed by atoms with Crippen LogP contribution in [0.2, 0.25) is 0 Å². The Morgan fingerprint density at radius 2 is 2.20 bits per heavy atom. The zero-order chi connectivity index (χ0) is 17.5. The lowest BCUT2D eigenvalue weighted by atomic mass is 10.1. The van der Waals surface area contributed by atoms with Gasteiger partial charge in [0.15, 0.2) is 5.96 Å². The highest BCUT2D eigenvalue weighted by molar-refractivity contribution is 7.09. The maximum atomic E-state index is 5.94. The lowest BCUT2D eigenvalue weighted by molar-refractivity contribution is 0.235. The molecule has 0 fully saturated rings. The first-order chi connectivity index (χ1) is 12.2. The van der Waals surface area contributed by atoms with Gasteiger partial charge in [-0.3, -0.25) is 4.99 Å². The number of hydrogen-bond acceptors (Lipinski definition) is 4. The molecule has 0 radical (unpaired) electrons. The number of rotatable bonds is 7. The molecule has 0 spiro atoms. The van der Waals surface area contributed by atoms with E-state index in [4.69, 9.17) is 4.74 Å². The van der Waals surface area contributed by atoms with E-state index < -0.39 is 0 Å². The fourth-order valence-corrected chi connectivity index (χ4v) is 3.74. The van der Waals surface area contributed by atoms with Crippen molar-refractivity contribution in [1.82, 2.24) is 15.6 Å². The number of hydrogen-bond donors (Lipinski definition) is 2. The molecule has 0 saturated carbocycles. The molecule has 1 aromatic carbocycles. The van der Waals surface area contributed by atoms with Crippen molar-refractivity contribution in [1.29, 1.82) is 0 Å². The van der Waals surface area contributed by atoms with Crippen molar-refractivity contribution in [3.63, 3.8) is 0 Å². The van der Waals surface area contributed by atoms with Gasteiger partial charge in [-0.25, -0.2) is 4.98 Å². The van der Waals surface area contributed by atoms with E-state index in [-0.39, 0.29) is 6.10 Å². The summed E-state index contributed by atoms with van der Waals surface area (Å²) in [6.45, 7) is 3.71. The number of ether oxygens (including phenoxy) is 1. The Balaban J connectivity index is 1.31. The molecule has 2 N–H and O–H groups in total. The van der Waals surface area contributed by atoms with E-state index in [0.29, 0.717) is 0 Å². The Labute approximate surface area is 153 Å². The molecular formula is C19H26N4OS. The third kappa shape index (κ3) is 5.19. The highest BCUT2D eigenvalue weighted by Crippen LogP contribution is 2.27. The number of benzene rings is 1. The number of guanidine groups is 1. The summed E-state index contributed by atoms with van der Waals surface area (Å²) < 4.78 is 5.94. The molecule has 1 atom stereocenters. The number of aliphatic imine (C=N–C) groups is 1. The van der Waals surface area contributed by atoms with Crippen molar-refractivity contribution in [3.05, 3.63) is 45.9 Å². The number of fused-ring (bicyclic) bond motifs is 1. The van der Waals surface area contributed by atoms with E-state index in [9.17, 15) is 0 Å². The molecule has 0 aliphatic carbocycles. The zero-order valence-electron chi connectivity index (χ0n) is 14.9. The Kier molecular flexibility index (Phi) is 6.28. The molecule has 134 valence electrons. The van der Waals surface area contributed by atoms with Crippen molar-refractivity contribution in [3.8, 4) is 5.75 Å². The van der Waals surface area contributed by atoms with Crippen LogP contribution in [0.15, 0.2) is 34.6 Å². The molecule has 1 aliphatic rings. The van der Waals surface area contributed by atoms with Crippen LogP contribution in [0.5, 0.6) is 5.75 Å². The van der Waals surface area contributed by atoms with Crippen LogP contribution in [0.1, 0.15) is 29.1 Å². The van der Waals surface area contributed by atoms with Crippen LogP contribution in [-0.2, 0) is 12.8 Å². The number of unbranched alkanes of at least 4 members (excludes halogenated alkanes) is 1. The summed E-state index contributed by atoms with van der Waals surface area (Å²) in [4.78, 5) is 8.78. The highest BCUT2D eigenvalue weighted by atomic mass is 32.1. The smallest absolute Gasteiger partial charge is 0.191 e. The molecule has 2 aromatic rings. The van der Waals surface area contributed by atoms with Gasteiger partial charge in [0.25, 0.3) is 0 Å². The molecule has 3 rings (SSSR count). The van der Waals surface area contributed by atoms with E-state index >= 15 is 0 Å². The normalized spacial score (nSPS) is 16.4. The number of nitrogens with zero attached hydrogens (tertiary/aromatic N) is 2. The molecule has 0 amide bonds. The van der Waals surface area contributed by atoms with Gasteiger partial charge in [0.05, 0.1) is 11.6 Å². The maximum Gasteiger partial charge on any atom is 0.191 e. The van der Waals surface area contributed by atoms with E-state index in [2.05, 4.69) is 38.1 Å². The minimum absolute atomic E-state index is 0.170. The van der Waals surface area contributed by atoms with Crippen molar-refractivity contribution >= 4 is 17.3 Å². The fourth-order valence-electron chi connectivity index (χ4n) is 2.92. The lowest BCUT2D eigenvalue weighted by Gasteiger charge is -2.15. The second kappa shape index (κ2) is 8.85. The largest absolute Gasteiger partial charge is 0.488 e. The van der Waals surface area contributed by atoms with Crippen molar-refractivity contribution in [2.45, 2.75) is 38.7 Å². The molecule has 6 heteroatoms. The minimum atomic E-state index is 0.170. The van der Waals surface area contributed by atoms with Crippen LogP contribution in [-0.4, -0.2) is 37.2 Å². The molecule has 5 nitrogen and oxygen atoms in total. The van der Waals surface area contributed by atoms with Crippen LogP contribution in [0, 0.1) is 6.92 Å². The molecule has 0 saturated heterocycles. The average molecular weight is 359 g/mol. The quantitative estimate of drug-likeness (QED) is 0.454. The van der Waals surface area contributed by atoms with Gasteiger partial charge >= 0.3 is 0 Å². The highest BCUT2D eigenvalue weighted by Gasteiger charge is 2.22. The summed E-state index contributed by atoms with van der Waals surface area (Å²) >= 11 is 1.75. The average Bonchev–Trinajstić information content (AvgIpc) is 3.22. The standard InChI is InChI=1S/C19H26N4OS/c1-14-13-25-18(23-14)9-5-6-10-21-19(20-2)22-12-16-11-15-7-3-4-8-17(15)24-16/h3-4,7-8,13,16H,5-6,9-12H2,1-2H3,(H2,20,21,22). The second-order valence-electron chi connectivity index (χ2n) is 6.27. The molecule has 0 bridgehead atoms. The second-order valence-corrected chi connectivity index (χ2v) is 7.21.